The summed E-state index contributed by atoms with van der Waals surface area (Å²) < 4.78 is 12.8. The van der Waals surface area contributed by atoms with Gasteiger partial charge in [-0.3, -0.25) is 19.2 Å². The number of benzene rings is 3. The second-order valence-electron chi connectivity index (χ2n) is 13.3. The van der Waals surface area contributed by atoms with Crippen molar-refractivity contribution in [2.75, 3.05) is 31.1 Å². The Morgan fingerprint density at radius 1 is 1.04 bits per heavy atom. The summed E-state index contributed by atoms with van der Waals surface area (Å²) in [6, 6.07) is 21.9. The molecule has 3 aliphatic rings. The number of aliphatic hydroxyl groups excluding tert-OH is 1. The molecule has 6 rings (SSSR count). The van der Waals surface area contributed by atoms with Crippen LogP contribution in [0.25, 0.3) is 10.8 Å². The van der Waals surface area contributed by atoms with Crippen molar-refractivity contribution in [2.45, 2.75) is 62.4 Å². The van der Waals surface area contributed by atoms with Gasteiger partial charge in [0, 0.05) is 31.8 Å². The molecule has 2 bridgehead atoms. The first-order valence-corrected chi connectivity index (χ1v) is 17.5. The number of unbranched alkanes of at least 4 members (excludes halogenated alkanes) is 1. The molecule has 0 radical (unpaired) electrons. The van der Waals surface area contributed by atoms with E-state index in [0.717, 1.165) is 10.8 Å². The zero-order valence-corrected chi connectivity index (χ0v) is 28.2. The first-order valence-electron chi connectivity index (χ1n) is 17.5. The number of carbonyl (C=O) groups is 4. The van der Waals surface area contributed by atoms with E-state index in [1.54, 1.807) is 22.0 Å². The maximum Gasteiger partial charge on any atom is 0.313 e. The lowest BCUT2D eigenvalue weighted by atomic mass is 9.70. The largest absolute Gasteiger partial charge is 0.455 e. The number of likely N-dealkylation sites (tertiary alicyclic amines) is 1. The minimum atomic E-state index is -1.22. The van der Waals surface area contributed by atoms with Crippen LogP contribution >= 0.6 is 0 Å². The van der Waals surface area contributed by atoms with Crippen LogP contribution in [0, 0.1) is 11.8 Å². The fraction of sp³-hybridized carbons (Fsp3) is 0.400. The van der Waals surface area contributed by atoms with E-state index in [9.17, 15) is 24.3 Å². The third kappa shape index (κ3) is 6.69. The van der Waals surface area contributed by atoms with Gasteiger partial charge in [0.15, 0.2) is 0 Å². The third-order valence-corrected chi connectivity index (χ3v) is 10.2. The van der Waals surface area contributed by atoms with Crippen molar-refractivity contribution in [1.29, 1.82) is 0 Å². The zero-order chi connectivity index (χ0) is 35.3. The van der Waals surface area contributed by atoms with Gasteiger partial charge < -0.3 is 29.7 Å². The normalized spacial score (nSPS) is 24.1. The Balaban J connectivity index is 1.31. The molecular formula is C40H45N3O7. The second kappa shape index (κ2) is 15.4. The highest BCUT2D eigenvalue weighted by molar-refractivity contribution is 6.05. The van der Waals surface area contributed by atoms with Gasteiger partial charge >= 0.3 is 5.97 Å². The lowest BCUT2D eigenvalue weighted by molar-refractivity contribution is -0.160. The molecule has 6 atom stereocenters. The first kappa shape index (κ1) is 35.0. The van der Waals surface area contributed by atoms with Crippen molar-refractivity contribution < 1.29 is 33.8 Å². The Hall–Kier alpha value is -4.80. The highest BCUT2D eigenvalue weighted by atomic mass is 16.6. The highest BCUT2D eigenvalue weighted by Crippen LogP contribution is 2.59. The Kier molecular flexibility index (Phi) is 10.8. The molecule has 3 fully saturated rings. The lowest BCUT2D eigenvalue weighted by Gasteiger charge is -2.37. The number of allylic oxidation sites excluding steroid dienone is 1. The summed E-state index contributed by atoms with van der Waals surface area (Å²) in [5, 5.41) is 14.4. The van der Waals surface area contributed by atoms with Crippen LogP contribution in [-0.2, 0) is 28.7 Å². The molecule has 10 nitrogen and oxygen atoms in total. The SMILES string of the molecule is C=CCCC(=O)NC[C@H](OC(=O)[C@@H]1[C@@H]2CC[C@]3(O2)[C@H](C(=O)N(CC=C)c2ccc4ccccc4c2)N(CCCCO)C(=O)[C@@H]13)c1ccccc1. The van der Waals surface area contributed by atoms with Gasteiger partial charge in [0.1, 0.15) is 17.7 Å². The summed E-state index contributed by atoms with van der Waals surface area (Å²) in [6.45, 7) is 8.02. The molecule has 0 aliphatic carbocycles. The van der Waals surface area contributed by atoms with Gasteiger partial charge in [-0.2, -0.15) is 0 Å². The standard InChI is InChI=1S/C40H45N3O7/c1-3-5-17-33(45)41-26-32(28-14-7-6-8-15-28)49-39(48)34-31-20-21-40(50-31)35(34)37(46)43(23-11-12-24-44)36(40)38(47)42(22-4-2)30-19-18-27-13-9-10-16-29(27)25-30/h3-4,6-10,13-16,18-19,25,31-32,34-36,44H,1-2,5,11-12,17,20-24,26H2,(H,41,45)/t31-,32-,34+,35+,36-,40+/m0/s1. The van der Waals surface area contributed by atoms with Gasteiger partial charge in [-0.25, -0.2) is 0 Å². The maximum absolute atomic E-state index is 14.8. The van der Waals surface area contributed by atoms with Crippen LogP contribution in [0.2, 0.25) is 0 Å². The van der Waals surface area contributed by atoms with E-state index >= 15 is 0 Å². The number of fused-ring (bicyclic) bond motifs is 2. The number of aliphatic hydroxyl groups is 1. The zero-order valence-electron chi connectivity index (χ0n) is 28.2. The van der Waals surface area contributed by atoms with Crippen LogP contribution < -0.4 is 10.2 Å². The number of hydrogen-bond acceptors (Lipinski definition) is 7. The minimum absolute atomic E-state index is 0.0482. The Labute approximate surface area is 292 Å². The fourth-order valence-electron chi connectivity index (χ4n) is 7.92. The summed E-state index contributed by atoms with van der Waals surface area (Å²) in [6.07, 6.45) is 4.57. The summed E-state index contributed by atoms with van der Waals surface area (Å²) in [5.41, 5.74) is 0.148. The second-order valence-corrected chi connectivity index (χ2v) is 13.3. The topological polar surface area (TPSA) is 125 Å². The minimum Gasteiger partial charge on any atom is -0.455 e. The van der Waals surface area contributed by atoms with Gasteiger partial charge in [0.25, 0.3) is 5.91 Å². The number of esters is 1. The molecule has 3 aromatic rings. The van der Waals surface area contributed by atoms with Crippen molar-refractivity contribution >= 4 is 40.2 Å². The number of amides is 3. The van der Waals surface area contributed by atoms with E-state index in [1.807, 2.05) is 72.8 Å². The van der Waals surface area contributed by atoms with E-state index < -0.39 is 41.7 Å². The molecule has 3 saturated heterocycles. The molecule has 3 heterocycles. The van der Waals surface area contributed by atoms with E-state index in [0.29, 0.717) is 43.4 Å². The molecule has 3 aromatic carbocycles. The predicted octanol–water partition coefficient (Wildman–Crippen LogP) is 4.87. The van der Waals surface area contributed by atoms with Gasteiger partial charge in [-0.1, -0.05) is 72.8 Å². The Morgan fingerprint density at radius 3 is 2.54 bits per heavy atom. The highest BCUT2D eigenvalue weighted by Gasteiger charge is 2.75. The van der Waals surface area contributed by atoms with Crippen LogP contribution in [0.4, 0.5) is 5.69 Å². The number of anilines is 1. The van der Waals surface area contributed by atoms with Gasteiger partial charge in [0.2, 0.25) is 11.8 Å². The molecule has 0 saturated carbocycles. The number of nitrogens with one attached hydrogen (secondary N) is 1. The molecule has 3 amide bonds. The van der Waals surface area contributed by atoms with Crippen LogP contribution in [0.1, 0.15) is 50.2 Å². The predicted molar refractivity (Wildman–Crippen MR) is 190 cm³/mol. The molecule has 3 aliphatic heterocycles. The number of ether oxygens (including phenoxy) is 2. The molecule has 1 spiro atoms. The number of hydrogen-bond donors (Lipinski definition) is 2. The molecule has 262 valence electrons. The van der Waals surface area contributed by atoms with Crippen LogP contribution in [0.3, 0.4) is 0 Å². The van der Waals surface area contributed by atoms with E-state index in [-0.39, 0.29) is 50.4 Å². The Morgan fingerprint density at radius 2 is 1.80 bits per heavy atom. The van der Waals surface area contributed by atoms with Gasteiger partial charge in [0.05, 0.1) is 24.5 Å². The van der Waals surface area contributed by atoms with E-state index in [2.05, 4.69) is 18.5 Å². The molecule has 0 unspecified atom stereocenters. The van der Waals surface area contributed by atoms with Crippen molar-refractivity contribution in [3.8, 4) is 0 Å². The summed E-state index contributed by atoms with van der Waals surface area (Å²) >= 11 is 0. The summed E-state index contributed by atoms with van der Waals surface area (Å²) in [5.74, 6) is -3.26. The van der Waals surface area contributed by atoms with Crippen LogP contribution in [-0.4, -0.2) is 77.7 Å². The van der Waals surface area contributed by atoms with Crippen LogP contribution in [0.15, 0.2) is 98.1 Å². The van der Waals surface area contributed by atoms with Gasteiger partial charge in [-0.05, 0) is 60.6 Å². The first-order chi connectivity index (χ1) is 24.3. The number of rotatable bonds is 16. The van der Waals surface area contributed by atoms with Crippen molar-refractivity contribution in [2.24, 2.45) is 11.8 Å². The smallest absolute Gasteiger partial charge is 0.313 e. The average molecular weight is 680 g/mol. The molecule has 0 aromatic heterocycles. The summed E-state index contributed by atoms with van der Waals surface area (Å²) in [7, 11) is 0. The quantitative estimate of drug-likeness (QED) is 0.126. The average Bonchev–Trinajstić information content (AvgIpc) is 3.78. The molecule has 10 heteroatoms. The van der Waals surface area contributed by atoms with Crippen LogP contribution in [0.5, 0.6) is 0 Å². The lowest BCUT2D eigenvalue weighted by Crippen LogP contribution is -2.56. The van der Waals surface area contributed by atoms with Crippen molar-refractivity contribution in [1.82, 2.24) is 10.2 Å². The van der Waals surface area contributed by atoms with E-state index in [4.69, 9.17) is 9.47 Å². The summed E-state index contributed by atoms with van der Waals surface area (Å²) in [4.78, 5) is 59.2. The third-order valence-electron chi connectivity index (χ3n) is 10.2. The molecule has 2 N–H and O–H groups in total. The molecule has 50 heavy (non-hydrogen) atoms. The maximum atomic E-state index is 14.8. The van der Waals surface area contributed by atoms with Crippen molar-refractivity contribution in [3.05, 3.63) is 104 Å². The van der Waals surface area contributed by atoms with E-state index in [1.165, 1.54) is 0 Å². The molecular weight excluding hydrogens is 634 g/mol. The monoisotopic (exact) mass is 679 g/mol. The number of carbonyl (C=O) groups excluding carboxylic acids is 4. The van der Waals surface area contributed by atoms with Crippen molar-refractivity contribution in [3.63, 3.8) is 0 Å². The van der Waals surface area contributed by atoms with Gasteiger partial charge in [-0.15, -0.1) is 13.2 Å². The number of nitrogens with zero attached hydrogens (tertiary/aromatic N) is 2. The fourth-order valence-corrected chi connectivity index (χ4v) is 7.92. The Bertz CT molecular complexity index is 1740.